The summed E-state index contributed by atoms with van der Waals surface area (Å²) in [6.45, 7) is 3.49. The number of aromatic nitrogens is 4. The predicted octanol–water partition coefficient (Wildman–Crippen LogP) is 5.16. The van der Waals surface area contributed by atoms with Crippen molar-refractivity contribution in [1.82, 2.24) is 19.9 Å². The SMILES string of the molecule is C=CC(=O)Cc1cccc(C(=O)Nc2ccc(Cc3nccc(-c4cnc5[nH]ccc5c4)n3)cc2)c1. The maximum Gasteiger partial charge on any atom is 0.255 e. The Balaban J connectivity index is 1.25. The lowest BCUT2D eigenvalue weighted by Crippen LogP contribution is -2.12. The van der Waals surface area contributed by atoms with Crippen LogP contribution in [0.25, 0.3) is 22.3 Å². The fourth-order valence-corrected chi connectivity index (χ4v) is 3.91. The van der Waals surface area contributed by atoms with E-state index in [0.29, 0.717) is 23.5 Å². The Kier molecular flexibility index (Phi) is 6.44. The van der Waals surface area contributed by atoms with Gasteiger partial charge in [0.15, 0.2) is 5.78 Å². The Bertz CT molecular complexity index is 1570. The molecule has 0 aliphatic rings. The summed E-state index contributed by atoms with van der Waals surface area (Å²) in [6, 6.07) is 20.5. The fourth-order valence-electron chi connectivity index (χ4n) is 3.91. The smallest absolute Gasteiger partial charge is 0.255 e. The van der Waals surface area contributed by atoms with Crippen LogP contribution in [0.4, 0.5) is 5.69 Å². The molecule has 1 amide bonds. The van der Waals surface area contributed by atoms with E-state index in [1.165, 1.54) is 6.08 Å². The number of aromatic amines is 1. The van der Waals surface area contributed by atoms with Gasteiger partial charge in [-0.1, -0.05) is 30.8 Å². The molecule has 5 rings (SSSR count). The number of hydrogen-bond acceptors (Lipinski definition) is 5. The molecular weight excluding hydrogens is 450 g/mol. The highest BCUT2D eigenvalue weighted by molar-refractivity contribution is 6.04. The van der Waals surface area contributed by atoms with Gasteiger partial charge in [0.05, 0.1) is 5.69 Å². The number of carbonyl (C=O) groups excluding carboxylic acids is 2. The molecule has 0 saturated heterocycles. The van der Waals surface area contributed by atoms with Crippen molar-refractivity contribution in [3.63, 3.8) is 0 Å². The molecule has 5 aromatic rings. The summed E-state index contributed by atoms with van der Waals surface area (Å²) in [5.74, 6) is 0.375. The van der Waals surface area contributed by atoms with Gasteiger partial charge in [0, 0.05) is 53.6 Å². The van der Waals surface area contributed by atoms with Crippen molar-refractivity contribution in [2.45, 2.75) is 12.8 Å². The van der Waals surface area contributed by atoms with Crippen LogP contribution in [0.2, 0.25) is 0 Å². The van der Waals surface area contributed by atoms with Crippen molar-refractivity contribution < 1.29 is 9.59 Å². The summed E-state index contributed by atoms with van der Waals surface area (Å²) in [5, 5.41) is 3.93. The lowest BCUT2D eigenvalue weighted by Gasteiger charge is -2.08. The number of rotatable bonds is 8. The van der Waals surface area contributed by atoms with E-state index in [2.05, 4.69) is 32.9 Å². The standard InChI is InChI=1S/C29H23N5O2/c1-2-25(35)15-20-4-3-5-22(14-20)29(36)33-24-8-6-19(7-9-24)16-27-30-13-11-26(34-27)23-17-21-10-12-31-28(21)32-18-23/h2-14,17-18H,1,15-16H2,(H,31,32)(H,33,36). The second kappa shape index (κ2) is 10.1. The van der Waals surface area contributed by atoms with Gasteiger partial charge in [-0.15, -0.1) is 0 Å². The quantitative estimate of drug-likeness (QED) is 0.303. The van der Waals surface area contributed by atoms with Crippen LogP contribution in [-0.2, 0) is 17.6 Å². The number of amides is 1. The lowest BCUT2D eigenvalue weighted by molar-refractivity contribution is -0.114. The first-order valence-electron chi connectivity index (χ1n) is 11.5. The minimum atomic E-state index is -0.236. The molecule has 0 fully saturated rings. The third-order valence-corrected chi connectivity index (χ3v) is 5.77. The average Bonchev–Trinajstić information content (AvgIpc) is 3.38. The lowest BCUT2D eigenvalue weighted by atomic mass is 10.1. The molecule has 0 saturated carbocycles. The molecule has 0 unspecified atom stereocenters. The minimum absolute atomic E-state index is 0.0870. The summed E-state index contributed by atoms with van der Waals surface area (Å²) >= 11 is 0. The predicted molar refractivity (Wildman–Crippen MR) is 140 cm³/mol. The van der Waals surface area contributed by atoms with Gasteiger partial charge in [0.1, 0.15) is 11.5 Å². The molecule has 0 radical (unpaired) electrons. The van der Waals surface area contributed by atoms with Gasteiger partial charge in [0.2, 0.25) is 0 Å². The molecule has 176 valence electrons. The molecule has 0 bridgehead atoms. The van der Waals surface area contributed by atoms with Crippen LogP contribution < -0.4 is 5.32 Å². The number of pyridine rings is 1. The van der Waals surface area contributed by atoms with Crippen molar-refractivity contribution in [3.05, 3.63) is 120 Å². The number of nitrogens with one attached hydrogen (secondary N) is 2. The van der Waals surface area contributed by atoms with Gasteiger partial charge in [-0.2, -0.15) is 0 Å². The molecule has 0 atom stereocenters. The monoisotopic (exact) mass is 473 g/mol. The number of allylic oxidation sites excluding steroid dienone is 1. The van der Waals surface area contributed by atoms with Crippen molar-refractivity contribution >= 4 is 28.4 Å². The highest BCUT2D eigenvalue weighted by Crippen LogP contribution is 2.21. The normalized spacial score (nSPS) is 10.8. The van der Waals surface area contributed by atoms with Crippen LogP contribution in [-0.4, -0.2) is 31.6 Å². The zero-order valence-electron chi connectivity index (χ0n) is 19.4. The van der Waals surface area contributed by atoms with Gasteiger partial charge >= 0.3 is 0 Å². The largest absolute Gasteiger partial charge is 0.346 e. The zero-order chi connectivity index (χ0) is 24.9. The van der Waals surface area contributed by atoms with Crippen molar-refractivity contribution in [1.29, 1.82) is 0 Å². The maximum absolute atomic E-state index is 12.7. The van der Waals surface area contributed by atoms with Crippen molar-refractivity contribution in [3.8, 4) is 11.3 Å². The number of benzene rings is 2. The van der Waals surface area contributed by atoms with Crippen LogP contribution in [0.1, 0.15) is 27.3 Å². The Labute approximate surface area is 208 Å². The molecule has 0 spiro atoms. The van der Waals surface area contributed by atoms with Crippen molar-refractivity contribution in [2.24, 2.45) is 0 Å². The van der Waals surface area contributed by atoms with Crippen LogP contribution >= 0.6 is 0 Å². The average molecular weight is 474 g/mol. The maximum atomic E-state index is 12.7. The Morgan fingerprint density at radius 1 is 0.972 bits per heavy atom. The molecule has 0 aliphatic carbocycles. The molecule has 36 heavy (non-hydrogen) atoms. The number of H-pyrrole nitrogens is 1. The van der Waals surface area contributed by atoms with E-state index in [0.717, 1.165) is 33.4 Å². The molecular formula is C29H23N5O2. The number of fused-ring (bicyclic) bond motifs is 1. The Morgan fingerprint density at radius 2 is 1.83 bits per heavy atom. The van der Waals surface area contributed by atoms with Crippen LogP contribution in [0, 0.1) is 0 Å². The molecule has 7 heteroatoms. The fraction of sp³-hybridized carbons (Fsp3) is 0.0690. The Hall–Kier alpha value is -4.91. The number of nitrogens with zero attached hydrogens (tertiary/aromatic N) is 3. The summed E-state index contributed by atoms with van der Waals surface area (Å²) < 4.78 is 0. The first kappa shape index (κ1) is 22.9. The van der Waals surface area contributed by atoms with Gasteiger partial charge in [-0.3, -0.25) is 9.59 Å². The van der Waals surface area contributed by atoms with E-state index in [9.17, 15) is 9.59 Å². The second-order valence-electron chi connectivity index (χ2n) is 8.37. The molecule has 3 aromatic heterocycles. The van der Waals surface area contributed by atoms with E-state index in [-0.39, 0.29) is 18.1 Å². The summed E-state index contributed by atoms with van der Waals surface area (Å²) in [7, 11) is 0. The summed E-state index contributed by atoms with van der Waals surface area (Å²) in [4.78, 5) is 41.0. The molecule has 0 aliphatic heterocycles. The zero-order valence-corrected chi connectivity index (χ0v) is 19.4. The first-order chi connectivity index (χ1) is 17.6. The van der Waals surface area contributed by atoms with E-state index in [1.54, 1.807) is 30.6 Å². The molecule has 2 N–H and O–H groups in total. The van der Waals surface area contributed by atoms with E-state index >= 15 is 0 Å². The van der Waals surface area contributed by atoms with Crippen LogP contribution in [0.3, 0.4) is 0 Å². The number of ketones is 1. The van der Waals surface area contributed by atoms with Gasteiger partial charge in [-0.05, 0) is 59.7 Å². The first-order valence-corrected chi connectivity index (χ1v) is 11.5. The third kappa shape index (κ3) is 5.26. The van der Waals surface area contributed by atoms with Gasteiger partial charge in [0.25, 0.3) is 5.91 Å². The number of hydrogen-bond donors (Lipinski definition) is 2. The van der Waals surface area contributed by atoms with Crippen LogP contribution in [0.5, 0.6) is 0 Å². The molecule has 3 heterocycles. The van der Waals surface area contributed by atoms with Gasteiger partial charge in [-0.25, -0.2) is 15.0 Å². The highest BCUT2D eigenvalue weighted by atomic mass is 16.1. The van der Waals surface area contributed by atoms with Crippen molar-refractivity contribution in [2.75, 3.05) is 5.32 Å². The van der Waals surface area contributed by atoms with Crippen LogP contribution in [0.15, 0.2) is 98.0 Å². The number of anilines is 1. The van der Waals surface area contributed by atoms with E-state index < -0.39 is 0 Å². The summed E-state index contributed by atoms with van der Waals surface area (Å²) in [6.07, 6.45) is 7.48. The van der Waals surface area contributed by atoms with Gasteiger partial charge < -0.3 is 10.3 Å². The number of carbonyl (C=O) groups is 2. The molecule has 2 aromatic carbocycles. The molecule has 7 nitrogen and oxygen atoms in total. The second-order valence-corrected chi connectivity index (χ2v) is 8.37. The summed E-state index contributed by atoms with van der Waals surface area (Å²) in [5.41, 5.74) is 5.56. The topological polar surface area (TPSA) is 101 Å². The van der Waals surface area contributed by atoms with E-state index in [1.807, 2.05) is 48.7 Å². The Morgan fingerprint density at radius 3 is 2.67 bits per heavy atom. The van der Waals surface area contributed by atoms with E-state index in [4.69, 9.17) is 4.98 Å². The highest BCUT2D eigenvalue weighted by Gasteiger charge is 2.10. The third-order valence-electron chi connectivity index (χ3n) is 5.77. The minimum Gasteiger partial charge on any atom is -0.346 e.